The third kappa shape index (κ3) is 3.03. The van der Waals surface area contributed by atoms with E-state index in [0.717, 1.165) is 13.0 Å². The van der Waals surface area contributed by atoms with E-state index in [1.54, 1.807) is 0 Å². The van der Waals surface area contributed by atoms with Gasteiger partial charge >= 0.3 is 0 Å². The lowest BCUT2D eigenvalue weighted by Crippen LogP contribution is -2.38. The summed E-state index contributed by atoms with van der Waals surface area (Å²) < 4.78 is 18.3. The van der Waals surface area contributed by atoms with Crippen molar-refractivity contribution in [2.75, 3.05) is 13.2 Å². The van der Waals surface area contributed by atoms with Crippen molar-refractivity contribution in [3.05, 3.63) is 29.6 Å². The van der Waals surface area contributed by atoms with Crippen LogP contribution in [0.25, 0.3) is 0 Å². The van der Waals surface area contributed by atoms with Gasteiger partial charge in [0, 0.05) is 29.0 Å². The predicted molar refractivity (Wildman–Crippen MR) is 69.5 cm³/mol. The van der Waals surface area contributed by atoms with Crippen LogP contribution in [0.5, 0.6) is 0 Å². The smallest absolute Gasteiger partial charge is 0.251 e. The number of thiol groups is 1. The topological polar surface area (TPSA) is 38.3 Å². The summed E-state index contributed by atoms with van der Waals surface area (Å²) in [5, 5.41) is 2.91. The van der Waals surface area contributed by atoms with E-state index in [2.05, 4.69) is 17.9 Å². The second-order valence-electron chi connectivity index (χ2n) is 4.55. The van der Waals surface area contributed by atoms with Crippen molar-refractivity contribution in [3.8, 4) is 0 Å². The summed E-state index contributed by atoms with van der Waals surface area (Å²) in [4.78, 5) is 12.1. The van der Waals surface area contributed by atoms with Gasteiger partial charge in [-0.25, -0.2) is 4.39 Å². The maximum Gasteiger partial charge on any atom is 0.251 e. The van der Waals surface area contributed by atoms with E-state index in [4.69, 9.17) is 4.74 Å². The van der Waals surface area contributed by atoms with Gasteiger partial charge in [-0.2, -0.15) is 0 Å². The molecule has 1 aromatic carbocycles. The average Bonchev–Trinajstić information content (AvgIpc) is 2.86. The quantitative estimate of drug-likeness (QED) is 0.826. The number of carbonyl (C=O) groups excluding carboxylic acids is 1. The first-order valence-corrected chi connectivity index (χ1v) is 6.40. The molecule has 1 aliphatic rings. The summed E-state index contributed by atoms with van der Waals surface area (Å²) in [6, 6.07) is 4.20. The summed E-state index contributed by atoms with van der Waals surface area (Å²) in [7, 11) is 0. The highest BCUT2D eigenvalue weighted by Crippen LogP contribution is 2.18. The summed E-state index contributed by atoms with van der Waals surface area (Å²) in [5.74, 6) is -0.276. The van der Waals surface area contributed by atoms with Gasteiger partial charge < -0.3 is 10.1 Å². The number of hydrogen-bond acceptors (Lipinski definition) is 3. The Morgan fingerprint density at radius 3 is 3.00 bits per heavy atom. The molecule has 0 radical (unpaired) electrons. The van der Waals surface area contributed by atoms with Gasteiger partial charge in [0.25, 0.3) is 5.91 Å². The molecule has 1 fully saturated rings. The molecule has 1 N–H and O–H groups in total. The second kappa shape index (κ2) is 5.71. The first kappa shape index (κ1) is 13.4. The molecule has 1 amide bonds. The zero-order valence-corrected chi connectivity index (χ0v) is 11.0. The van der Waals surface area contributed by atoms with Gasteiger partial charge in [0.1, 0.15) is 5.82 Å². The van der Waals surface area contributed by atoms with Crippen molar-refractivity contribution >= 4 is 18.5 Å². The van der Waals surface area contributed by atoms with E-state index in [0.29, 0.717) is 18.1 Å². The largest absolute Gasteiger partial charge is 0.381 e. The summed E-state index contributed by atoms with van der Waals surface area (Å²) in [6.07, 6.45) is 0.961. The van der Waals surface area contributed by atoms with Crippen LogP contribution >= 0.6 is 12.6 Å². The summed E-state index contributed by atoms with van der Waals surface area (Å²) in [5.41, 5.74) is 0.423. The average molecular weight is 269 g/mol. The van der Waals surface area contributed by atoms with Crippen LogP contribution in [0, 0.1) is 11.7 Å². The van der Waals surface area contributed by atoms with Crippen molar-refractivity contribution < 1.29 is 13.9 Å². The zero-order valence-electron chi connectivity index (χ0n) is 10.1. The lowest BCUT2D eigenvalue weighted by Gasteiger charge is -2.19. The molecule has 1 aliphatic heterocycles. The van der Waals surface area contributed by atoms with Gasteiger partial charge in [0.2, 0.25) is 0 Å². The molecule has 0 saturated carbocycles. The van der Waals surface area contributed by atoms with Crippen LogP contribution in [0.3, 0.4) is 0 Å². The Hall–Kier alpha value is -1.07. The molecule has 0 spiro atoms. The molecule has 1 saturated heterocycles. The van der Waals surface area contributed by atoms with Crippen LogP contribution in [-0.4, -0.2) is 25.2 Å². The molecule has 18 heavy (non-hydrogen) atoms. The Labute approximate surface area is 111 Å². The molecule has 2 rings (SSSR count). The van der Waals surface area contributed by atoms with Crippen LogP contribution < -0.4 is 5.32 Å². The number of benzene rings is 1. The van der Waals surface area contributed by atoms with E-state index in [9.17, 15) is 9.18 Å². The van der Waals surface area contributed by atoms with Crippen molar-refractivity contribution in [1.29, 1.82) is 0 Å². The molecule has 98 valence electrons. The highest BCUT2D eigenvalue weighted by molar-refractivity contribution is 7.80. The lowest BCUT2D eigenvalue weighted by atomic mass is 10.0. The van der Waals surface area contributed by atoms with E-state index in [1.165, 1.54) is 18.2 Å². The molecule has 0 aromatic heterocycles. The van der Waals surface area contributed by atoms with Gasteiger partial charge in [-0.05, 0) is 31.5 Å². The molecule has 0 bridgehead atoms. The number of hydrogen-bond donors (Lipinski definition) is 2. The molecular formula is C13H16FNO2S. The van der Waals surface area contributed by atoms with E-state index < -0.39 is 5.82 Å². The van der Waals surface area contributed by atoms with Gasteiger partial charge in [-0.15, -0.1) is 12.6 Å². The first-order valence-electron chi connectivity index (χ1n) is 5.95. The predicted octanol–water partition coefficient (Wildman–Crippen LogP) is 2.27. The van der Waals surface area contributed by atoms with Crippen LogP contribution in [-0.2, 0) is 4.74 Å². The molecule has 1 aromatic rings. The van der Waals surface area contributed by atoms with Crippen LogP contribution in [0.2, 0.25) is 0 Å². The molecule has 2 unspecified atom stereocenters. The maximum absolute atomic E-state index is 13.0. The molecule has 5 heteroatoms. The van der Waals surface area contributed by atoms with Crippen molar-refractivity contribution in [3.63, 3.8) is 0 Å². The molecular weight excluding hydrogens is 253 g/mol. The zero-order chi connectivity index (χ0) is 13.1. The second-order valence-corrected chi connectivity index (χ2v) is 5.03. The molecule has 0 aliphatic carbocycles. The fraction of sp³-hybridized carbons (Fsp3) is 0.462. The number of rotatable bonds is 3. The maximum atomic E-state index is 13.0. The third-order valence-corrected chi connectivity index (χ3v) is 3.58. The number of nitrogens with one attached hydrogen (secondary N) is 1. The fourth-order valence-electron chi connectivity index (χ4n) is 2.01. The first-order chi connectivity index (χ1) is 8.58. The Bertz CT molecular complexity index is 447. The summed E-state index contributed by atoms with van der Waals surface area (Å²) >= 11 is 3.97. The summed E-state index contributed by atoms with van der Waals surface area (Å²) in [6.45, 7) is 3.40. The van der Waals surface area contributed by atoms with Crippen molar-refractivity contribution in [2.45, 2.75) is 24.3 Å². The van der Waals surface area contributed by atoms with Crippen LogP contribution in [0.4, 0.5) is 4.39 Å². The van der Waals surface area contributed by atoms with Crippen LogP contribution in [0.15, 0.2) is 23.1 Å². The van der Waals surface area contributed by atoms with Gasteiger partial charge in [-0.1, -0.05) is 0 Å². The number of carbonyl (C=O) groups is 1. The van der Waals surface area contributed by atoms with Gasteiger partial charge in [0.15, 0.2) is 0 Å². The number of halogens is 1. The SMILES string of the molecule is CC(NC(=O)c1ccc(F)c(S)c1)C1CCOC1. The van der Waals surface area contributed by atoms with Crippen LogP contribution in [0.1, 0.15) is 23.7 Å². The van der Waals surface area contributed by atoms with E-state index in [1.807, 2.05) is 6.92 Å². The van der Waals surface area contributed by atoms with Crippen molar-refractivity contribution in [2.24, 2.45) is 5.92 Å². The Balaban J connectivity index is 2.00. The monoisotopic (exact) mass is 269 g/mol. The van der Waals surface area contributed by atoms with E-state index >= 15 is 0 Å². The third-order valence-electron chi connectivity index (χ3n) is 3.24. The van der Waals surface area contributed by atoms with Crippen molar-refractivity contribution in [1.82, 2.24) is 5.32 Å². The van der Waals surface area contributed by atoms with Gasteiger partial charge in [-0.3, -0.25) is 4.79 Å². The minimum atomic E-state index is -0.424. The Kier molecular flexibility index (Phi) is 4.24. The van der Waals surface area contributed by atoms with Gasteiger partial charge in [0.05, 0.1) is 6.61 Å². The highest BCUT2D eigenvalue weighted by atomic mass is 32.1. The Morgan fingerprint density at radius 1 is 1.61 bits per heavy atom. The lowest BCUT2D eigenvalue weighted by molar-refractivity contribution is 0.0922. The Morgan fingerprint density at radius 2 is 2.39 bits per heavy atom. The standard InChI is InChI=1S/C13H16FNO2S/c1-8(10-4-5-17-7-10)15-13(16)9-2-3-11(14)12(18)6-9/h2-3,6,8,10,18H,4-5,7H2,1H3,(H,15,16). The molecule has 2 atom stereocenters. The number of ether oxygens (including phenoxy) is 1. The molecule has 1 heterocycles. The highest BCUT2D eigenvalue weighted by Gasteiger charge is 2.23. The minimum absolute atomic E-state index is 0.0495. The fourth-order valence-corrected chi connectivity index (χ4v) is 2.22. The van der Waals surface area contributed by atoms with E-state index in [-0.39, 0.29) is 16.8 Å². The number of amides is 1. The minimum Gasteiger partial charge on any atom is -0.381 e. The molecule has 3 nitrogen and oxygen atoms in total. The normalized spacial score (nSPS) is 20.7.